The summed E-state index contributed by atoms with van der Waals surface area (Å²) in [7, 11) is 0. The lowest BCUT2D eigenvalue weighted by Crippen LogP contribution is -2.29. The summed E-state index contributed by atoms with van der Waals surface area (Å²) < 4.78 is 37.5. The first kappa shape index (κ1) is 15.1. The first-order chi connectivity index (χ1) is 8.77. The fourth-order valence-corrected chi connectivity index (χ4v) is 1.58. The highest BCUT2D eigenvalue weighted by Crippen LogP contribution is 2.34. The van der Waals surface area contributed by atoms with Gasteiger partial charge >= 0.3 is 6.18 Å². The molecule has 0 atom stereocenters. The second kappa shape index (κ2) is 5.77. The van der Waals surface area contributed by atoms with E-state index in [1.807, 2.05) is 0 Å². The van der Waals surface area contributed by atoms with Gasteiger partial charge in [-0.15, -0.1) is 0 Å². The standard InChI is InChI=1S/C13H15F3N2O/c1-3-4-7-18(9(2)19)12-6-5-10(8-11(12)17)13(14,15)16/h3-6,8H,7,17H2,1-2H3/b4-3+. The number of anilines is 2. The lowest BCUT2D eigenvalue weighted by molar-refractivity contribution is -0.137. The molecule has 0 spiro atoms. The molecule has 1 rings (SSSR count). The number of halogens is 3. The molecule has 104 valence electrons. The molecule has 0 fully saturated rings. The molecule has 19 heavy (non-hydrogen) atoms. The van der Waals surface area contributed by atoms with Crippen LogP contribution in [0.2, 0.25) is 0 Å². The summed E-state index contributed by atoms with van der Waals surface area (Å²) in [4.78, 5) is 12.8. The molecule has 0 saturated carbocycles. The van der Waals surface area contributed by atoms with Crippen LogP contribution in [0, 0.1) is 0 Å². The molecular formula is C13H15F3N2O. The van der Waals surface area contributed by atoms with Crippen LogP contribution in [-0.4, -0.2) is 12.5 Å². The van der Waals surface area contributed by atoms with E-state index in [-0.39, 0.29) is 23.8 Å². The van der Waals surface area contributed by atoms with Gasteiger partial charge < -0.3 is 10.6 Å². The number of benzene rings is 1. The average Bonchev–Trinajstić information content (AvgIpc) is 2.29. The molecule has 1 aromatic carbocycles. The van der Waals surface area contributed by atoms with Gasteiger partial charge in [-0.1, -0.05) is 12.2 Å². The van der Waals surface area contributed by atoms with Crippen molar-refractivity contribution in [3.8, 4) is 0 Å². The molecule has 0 aliphatic rings. The van der Waals surface area contributed by atoms with Gasteiger partial charge in [0.25, 0.3) is 0 Å². The molecule has 1 aromatic rings. The molecule has 0 radical (unpaired) electrons. The molecule has 6 heteroatoms. The summed E-state index contributed by atoms with van der Waals surface area (Å²) in [6.45, 7) is 3.39. The van der Waals surface area contributed by atoms with Crippen molar-refractivity contribution in [2.24, 2.45) is 0 Å². The molecule has 3 nitrogen and oxygen atoms in total. The van der Waals surface area contributed by atoms with Gasteiger partial charge in [0.05, 0.1) is 16.9 Å². The Morgan fingerprint density at radius 2 is 2.05 bits per heavy atom. The van der Waals surface area contributed by atoms with Gasteiger partial charge in [0.15, 0.2) is 0 Å². The lowest BCUT2D eigenvalue weighted by Gasteiger charge is -2.22. The molecule has 2 N–H and O–H groups in total. The summed E-state index contributed by atoms with van der Waals surface area (Å²) in [5, 5.41) is 0. The van der Waals surface area contributed by atoms with E-state index in [1.165, 1.54) is 17.9 Å². The summed E-state index contributed by atoms with van der Waals surface area (Å²) in [6, 6.07) is 2.96. The number of hydrogen-bond acceptors (Lipinski definition) is 2. The Balaban J connectivity index is 3.15. The van der Waals surface area contributed by atoms with Crippen LogP contribution in [0.1, 0.15) is 19.4 Å². The van der Waals surface area contributed by atoms with Crippen LogP contribution in [0.5, 0.6) is 0 Å². The quantitative estimate of drug-likeness (QED) is 0.678. The fraction of sp³-hybridized carbons (Fsp3) is 0.308. The van der Waals surface area contributed by atoms with Crippen molar-refractivity contribution in [1.29, 1.82) is 0 Å². The highest BCUT2D eigenvalue weighted by Gasteiger charge is 2.31. The van der Waals surface area contributed by atoms with Crippen molar-refractivity contribution in [3.05, 3.63) is 35.9 Å². The predicted octanol–water partition coefficient (Wildman–Crippen LogP) is 3.22. The molecule has 0 saturated heterocycles. The first-order valence-electron chi connectivity index (χ1n) is 5.63. The van der Waals surface area contributed by atoms with Crippen molar-refractivity contribution in [1.82, 2.24) is 0 Å². The normalized spacial score (nSPS) is 11.8. The van der Waals surface area contributed by atoms with E-state index in [1.54, 1.807) is 19.1 Å². The van der Waals surface area contributed by atoms with Crippen LogP contribution in [0.15, 0.2) is 30.4 Å². The van der Waals surface area contributed by atoms with Gasteiger partial charge in [0, 0.05) is 13.5 Å². The van der Waals surface area contributed by atoms with Crippen LogP contribution in [0.25, 0.3) is 0 Å². The average molecular weight is 272 g/mol. The van der Waals surface area contributed by atoms with Crippen molar-refractivity contribution >= 4 is 17.3 Å². The molecule has 0 aromatic heterocycles. The maximum absolute atomic E-state index is 12.5. The number of allylic oxidation sites excluding steroid dienone is 1. The van der Waals surface area contributed by atoms with Gasteiger partial charge in [-0.25, -0.2) is 0 Å². The zero-order chi connectivity index (χ0) is 14.6. The fourth-order valence-electron chi connectivity index (χ4n) is 1.58. The third-order valence-electron chi connectivity index (χ3n) is 2.55. The third-order valence-corrected chi connectivity index (χ3v) is 2.55. The minimum Gasteiger partial charge on any atom is -0.397 e. The Labute approximate surface area is 109 Å². The zero-order valence-electron chi connectivity index (χ0n) is 10.7. The summed E-state index contributed by atoms with van der Waals surface area (Å²) >= 11 is 0. The van der Waals surface area contributed by atoms with E-state index in [0.29, 0.717) is 0 Å². The molecule has 0 aliphatic heterocycles. The van der Waals surface area contributed by atoms with Crippen molar-refractivity contribution < 1.29 is 18.0 Å². The monoisotopic (exact) mass is 272 g/mol. The van der Waals surface area contributed by atoms with Crippen LogP contribution >= 0.6 is 0 Å². The number of nitrogen functional groups attached to an aromatic ring is 1. The topological polar surface area (TPSA) is 46.3 Å². The lowest BCUT2D eigenvalue weighted by atomic mass is 10.1. The minimum atomic E-state index is -4.45. The zero-order valence-corrected chi connectivity index (χ0v) is 10.7. The molecule has 0 unspecified atom stereocenters. The highest BCUT2D eigenvalue weighted by atomic mass is 19.4. The van der Waals surface area contributed by atoms with Crippen LogP contribution in [0.3, 0.4) is 0 Å². The van der Waals surface area contributed by atoms with E-state index in [2.05, 4.69) is 0 Å². The Hall–Kier alpha value is -1.98. The number of alkyl halides is 3. The molecule has 0 bridgehead atoms. The van der Waals surface area contributed by atoms with Gasteiger partial charge in [-0.2, -0.15) is 13.2 Å². The Morgan fingerprint density at radius 1 is 1.42 bits per heavy atom. The van der Waals surface area contributed by atoms with E-state index in [9.17, 15) is 18.0 Å². The van der Waals surface area contributed by atoms with E-state index in [4.69, 9.17) is 5.73 Å². The van der Waals surface area contributed by atoms with Crippen LogP contribution < -0.4 is 10.6 Å². The van der Waals surface area contributed by atoms with Gasteiger partial charge in [0.2, 0.25) is 5.91 Å². The molecule has 0 aliphatic carbocycles. The molecule has 0 heterocycles. The van der Waals surface area contributed by atoms with Gasteiger partial charge in [0.1, 0.15) is 0 Å². The largest absolute Gasteiger partial charge is 0.416 e. The maximum atomic E-state index is 12.5. The number of hydrogen-bond donors (Lipinski definition) is 1. The number of carbonyl (C=O) groups is 1. The smallest absolute Gasteiger partial charge is 0.397 e. The first-order valence-corrected chi connectivity index (χ1v) is 5.63. The van der Waals surface area contributed by atoms with Crippen LogP contribution in [-0.2, 0) is 11.0 Å². The Kier molecular flexibility index (Phi) is 4.58. The van der Waals surface area contributed by atoms with Gasteiger partial charge in [-0.3, -0.25) is 4.79 Å². The summed E-state index contributed by atoms with van der Waals surface area (Å²) in [5.41, 5.74) is 4.98. The Bertz CT molecular complexity index is 495. The summed E-state index contributed by atoms with van der Waals surface area (Å²) in [6.07, 6.45) is -0.980. The maximum Gasteiger partial charge on any atom is 0.416 e. The number of rotatable bonds is 3. The van der Waals surface area contributed by atoms with Crippen molar-refractivity contribution in [3.63, 3.8) is 0 Å². The SMILES string of the molecule is C/C=C/CN(C(C)=O)c1ccc(C(F)(F)F)cc1N. The predicted molar refractivity (Wildman–Crippen MR) is 68.7 cm³/mol. The van der Waals surface area contributed by atoms with E-state index < -0.39 is 11.7 Å². The highest BCUT2D eigenvalue weighted by molar-refractivity contribution is 5.95. The summed E-state index contributed by atoms with van der Waals surface area (Å²) in [5.74, 6) is -0.287. The molecular weight excluding hydrogens is 257 g/mol. The number of carbonyl (C=O) groups excluding carboxylic acids is 1. The van der Waals surface area contributed by atoms with Crippen molar-refractivity contribution in [2.75, 3.05) is 17.2 Å². The molecule has 1 amide bonds. The van der Waals surface area contributed by atoms with E-state index >= 15 is 0 Å². The number of amides is 1. The second-order valence-electron chi connectivity index (χ2n) is 3.97. The van der Waals surface area contributed by atoms with E-state index in [0.717, 1.165) is 12.1 Å². The number of nitrogens with zero attached hydrogens (tertiary/aromatic N) is 1. The van der Waals surface area contributed by atoms with Crippen molar-refractivity contribution in [2.45, 2.75) is 20.0 Å². The minimum absolute atomic E-state index is 0.0745. The number of nitrogens with two attached hydrogens (primary N) is 1. The van der Waals surface area contributed by atoms with Crippen LogP contribution in [0.4, 0.5) is 24.5 Å². The Morgan fingerprint density at radius 3 is 2.47 bits per heavy atom. The third kappa shape index (κ3) is 3.74. The van der Waals surface area contributed by atoms with Gasteiger partial charge in [-0.05, 0) is 25.1 Å². The second-order valence-corrected chi connectivity index (χ2v) is 3.97.